The average molecular weight is 638 g/mol. The molecule has 0 heterocycles. The number of ether oxygens (including phenoxy) is 4. The van der Waals surface area contributed by atoms with E-state index in [0.29, 0.717) is 26.2 Å². The van der Waals surface area contributed by atoms with Gasteiger partial charge >= 0.3 is 5.97 Å². The molecule has 0 spiro atoms. The minimum absolute atomic E-state index is 0.0548. The number of amides is 3. The predicted molar refractivity (Wildman–Crippen MR) is 171 cm³/mol. The Morgan fingerprint density at radius 2 is 1.16 bits per heavy atom. The highest BCUT2D eigenvalue weighted by atomic mass is 16.5. The molecule has 0 aliphatic carbocycles. The lowest BCUT2D eigenvalue weighted by Crippen LogP contribution is -2.44. The molecule has 0 unspecified atom stereocenters. The fourth-order valence-corrected chi connectivity index (χ4v) is 4.32. The molecule has 3 amide bonds. The highest BCUT2D eigenvalue weighted by Crippen LogP contribution is 2.10. The van der Waals surface area contributed by atoms with Gasteiger partial charge in [0.15, 0.2) is 0 Å². The maximum Gasteiger partial charge on any atom is 0.326 e. The number of rotatable bonds is 30. The van der Waals surface area contributed by atoms with Crippen LogP contribution >= 0.6 is 0 Å². The zero-order valence-electron chi connectivity index (χ0n) is 27.0. The Bertz CT molecular complexity index is 918. The van der Waals surface area contributed by atoms with Crippen LogP contribution in [-0.4, -0.2) is 101 Å². The van der Waals surface area contributed by atoms with Crippen molar-refractivity contribution in [2.45, 2.75) is 83.6 Å². The zero-order chi connectivity index (χ0) is 32.8. The van der Waals surface area contributed by atoms with E-state index in [9.17, 15) is 24.3 Å². The monoisotopic (exact) mass is 637 g/mol. The molecule has 0 aromatic heterocycles. The highest BCUT2D eigenvalue weighted by molar-refractivity contribution is 5.84. The van der Waals surface area contributed by atoms with Crippen LogP contribution in [0.25, 0.3) is 0 Å². The van der Waals surface area contributed by atoms with Gasteiger partial charge in [0.2, 0.25) is 17.7 Å². The van der Waals surface area contributed by atoms with E-state index < -0.39 is 17.9 Å². The van der Waals surface area contributed by atoms with Crippen LogP contribution in [0.15, 0.2) is 30.3 Å². The van der Waals surface area contributed by atoms with Crippen LogP contribution in [0.1, 0.15) is 76.7 Å². The fraction of sp³-hybridized carbons (Fsp3) is 0.697. The topological polar surface area (TPSA) is 162 Å². The molecule has 0 saturated carbocycles. The van der Waals surface area contributed by atoms with Crippen molar-refractivity contribution in [1.82, 2.24) is 16.0 Å². The summed E-state index contributed by atoms with van der Waals surface area (Å²) in [7, 11) is 0. The molecule has 0 fully saturated rings. The van der Waals surface area contributed by atoms with Gasteiger partial charge in [-0.2, -0.15) is 0 Å². The summed E-state index contributed by atoms with van der Waals surface area (Å²) in [6, 6.07) is 8.00. The number of unbranched alkanes of at least 4 members (excludes halogenated alkanes) is 8. The van der Waals surface area contributed by atoms with Gasteiger partial charge in [-0.25, -0.2) is 4.79 Å². The Kier molecular flexibility index (Phi) is 25.2. The first kappa shape index (κ1) is 40.0. The van der Waals surface area contributed by atoms with Crippen LogP contribution in [0.5, 0.6) is 0 Å². The SMILES string of the molecule is CCCCCCCCCCCC(=O)NCCOCCOCC(=O)NCCOCCOCC(=O)N[C@H](Cc1ccccc1)C(=O)O. The molecule has 45 heavy (non-hydrogen) atoms. The molecule has 256 valence electrons. The number of carboxylic acid groups (broad SMARTS) is 1. The quantitative estimate of drug-likeness (QED) is 0.0930. The molecule has 1 rings (SSSR count). The predicted octanol–water partition coefficient (Wildman–Crippen LogP) is 3.02. The van der Waals surface area contributed by atoms with Crippen molar-refractivity contribution in [3.05, 3.63) is 35.9 Å². The van der Waals surface area contributed by atoms with E-state index in [2.05, 4.69) is 22.9 Å². The first-order valence-electron chi connectivity index (χ1n) is 16.3. The van der Waals surface area contributed by atoms with Crippen LogP contribution in [0.4, 0.5) is 0 Å². The molecule has 12 heteroatoms. The minimum Gasteiger partial charge on any atom is -0.480 e. The third kappa shape index (κ3) is 24.9. The van der Waals surface area contributed by atoms with Crippen LogP contribution in [0, 0.1) is 0 Å². The van der Waals surface area contributed by atoms with Crippen LogP contribution < -0.4 is 16.0 Å². The van der Waals surface area contributed by atoms with Crippen molar-refractivity contribution in [2.75, 3.05) is 65.9 Å². The van der Waals surface area contributed by atoms with Gasteiger partial charge in [-0.15, -0.1) is 0 Å². The summed E-state index contributed by atoms with van der Waals surface area (Å²) in [4.78, 5) is 47.2. The molecule has 0 saturated heterocycles. The largest absolute Gasteiger partial charge is 0.480 e. The van der Waals surface area contributed by atoms with Gasteiger partial charge in [-0.1, -0.05) is 88.6 Å². The zero-order valence-corrected chi connectivity index (χ0v) is 27.0. The minimum atomic E-state index is -1.12. The average Bonchev–Trinajstić information content (AvgIpc) is 3.02. The second-order valence-corrected chi connectivity index (χ2v) is 10.8. The number of carbonyl (C=O) groups is 4. The summed E-state index contributed by atoms with van der Waals surface area (Å²) in [6.07, 6.45) is 11.8. The highest BCUT2D eigenvalue weighted by Gasteiger charge is 2.20. The second kappa shape index (κ2) is 28.4. The normalized spacial score (nSPS) is 11.6. The van der Waals surface area contributed by atoms with Gasteiger partial charge in [-0.05, 0) is 12.0 Å². The van der Waals surface area contributed by atoms with Crippen molar-refractivity contribution >= 4 is 23.7 Å². The van der Waals surface area contributed by atoms with Gasteiger partial charge in [0.05, 0.1) is 39.6 Å². The van der Waals surface area contributed by atoms with E-state index >= 15 is 0 Å². The summed E-state index contributed by atoms with van der Waals surface area (Å²) < 4.78 is 21.3. The lowest BCUT2D eigenvalue weighted by atomic mass is 10.1. The summed E-state index contributed by atoms with van der Waals surface area (Å²) in [6.45, 7) is 4.18. The number of nitrogens with one attached hydrogen (secondary N) is 3. The van der Waals surface area contributed by atoms with Crippen molar-refractivity contribution in [2.24, 2.45) is 0 Å². The Morgan fingerprint density at radius 1 is 0.644 bits per heavy atom. The molecule has 0 radical (unpaired) electrons. The first-order valence-corrected chi connectivity index (χ1v) is 16.3. The Hall–Kier alpha value is -3.06. The smallest absolute Gasteiger partial charge is 0.326 e. The van der Waals surface area contributed by atoms with Gasteiger partial charge < -0.3 is 40.0 Å². The molecule has 0 aliphatic heterocycles. The maximum absolute atomic E-state index is 12.0. The van der Waals surface area contributed by atoms with E-state index in [4.69, 9.17) is 18.9 Å². The van der Waals surface area contributed by atoms with Crippen molar-refractivity contribution in [1.29, 1.82) is 0 Å². The Labute approximate surface area is 268 Å². The molecule has 1 aromatic rings. The van der Waals surface area contributed by atoms with Gasteiger partial charge in [0.25, 0.3) is 0 Å². The van der Waals surface area contributed by atoms with Crippen molar-refractivity contribution in [3.8, 4) is 0 Å². The molecule has 12 nitrogen and oxygen atoms in total. The van der Waals surface area contributed by atoms with Crippen LogP contribution in [0.2, 0.25) is 0 Å². The molecule has 1 aromatic carbocycles. The van der Waals surface area contributed by atoms with Gasteiger partial charge in [0.1, 0.15) is 19.3 Å². The third-order valence-electron chi connectivity index (χ3n) is 6.77. The Morgan fingerprint density at radius 3 is 1.73 bits per heavy atom. The van der Waals surface area contributed by atoms with Crippen LogP contribution in [0.3, 0.4) is 0 Å². The number of hydrogen-bond donors (Lipinski definition) is 4. The second-order valence-electron chi connectivity index (χ2n) is 10.8. The summed E-state index contributed by atoms with van der Waals surface area (Å²) in [5, 5.41) is 17.3. The third-order valence-corrected chi connectivity index (χ3v) is 6.77. The number of carbonyl (C=O) groups excluding carboxylic acids is 3. The molecule has 0 aliphatic rings. The lowest BCUT2D eigenvalue weighted by Gasteiger charge is -2.14. The maximum atomic E-state index is 12.0. The summed E-state index contributed by atoms with van der Waals surface area (Å²) >= 11 is 0. The fourth-order valence-electron chi connectivity index (χ4n) is 4.32. The first-order chi connectivity index (χ1) is 21.9. The molecule has 1 atom stereocenters. The number of aliphatic carboxylic acids is 1. The van der Waals surface area contributed by atoms with E-state index in [1.54, 1.807) is 24.3 Å². The van der Waals surface area contributed by atoms with Gasteiger partial charge in [0, 0.05) is 25.9 Å². The Balaban J connectivity index is 1.87. The van der Waals surface area contributed by atoms with Crippen molar-refractivity contribution < 1.29 is 43.2 Å². The molecule has 4 N–H and O–H groups in total. The molecule has 0 bridgehead atoms. The molecular weight excluding hydrogens is 582 g/mol. The van der Waals surface area contributed by atoms with Gasteiger partial charge in [-0.3, -0.25) is 14.4 Å². The van der Waals surface area contributed by atoms with E-state index in [-0.39, 0.29) is 64.4 Å². The summed E-state index contributed by atoms with van der Waals surface area (Å²) in [5.41, 5.74) is 0.806. The molecular formula is C33H55N3O9. The van der Waals surface area contributed by atoms with Crippen molar-refractivity contribution in [3.63, 3.8) is 0 Å². The standard InChI is InChI=1S/C33H55N3O9/c1-2-3-4-5-6-7-8-9-13-16-30(37)34-17-19-42-21-23-44-26-31(38)35-18-20-43-22-24-45-27-32(39)36-29(33(40)41)25-28-14-11-10-12-15-28/h10-12,14-15,29H,2-9,13,16-27H2,1H3,(H,34,37)(H,35,38)(H,36,39)(H,40,41)/t29-/m1/s1. The lowest BCUT2D eigenvalue weighted by molar-refractivity contribution is -0.142. The van der Waals surface area contributed by atoms with E-state index in [1.807, 2.05) is 6.07 Å². The van der Waals surface area contributed by atoms with E-state index in [1.165, 1.54) is 44.9 Å². The van der Waals surface area contributed by atoms with Crippen LogP contribution in [-0.2, 0) is 44.5 Å². The number of carboxylic acids is 1. The number of hydrogen-bond acceptors (Lipinski definition) is 8. The number of benzene rings is 1. The van der Waals surface area contributed by atoms with E-state index in [0.717, 1.165) is 18.4 Å². The summed E-state index contributed by atoms with van der Waals surface area (Å²) in [5.74, 6) is -1.87.